The van der Waals surface area contributed by atoms with Crippen molar-refractivity contribution in [2.24, 2.45) is 0 Å². The van der Waals surface area contributed by atoms with E-state index in [-0.39, 0.29) is 11.1 Å². The Morgan fingerprint density at radius 2 is 1.62 bits per heavy atom. The number of carboxylic acids is 1. The second kappa shape index (κ2) is 7.09. The van der Waals surface area contributed by atoms with E-state index in [1.54, 1.807) is 24.3 Å². The average molecular weight is 292 g/mol. The van der Waals surface area contributed by atoms with Crippen molar-refractivity contribution >= 4 is 23.6 Å². The fourth-order valence-corrected chi connectivity index (χ4v) is 1.36. The predicted molar refractivity (Wildman–Crippen MR) is 76.2 cm³/mol. The van der Waals surface area contributed by atoms with Gasteiger partial charge in [-0.2, -0.15) is 0 Å². The van der Waals surface area contributed by atoms with Crippen molar-refractivity contribution in [1.82, 2.24) is 5.32 Å². The Morgan fingerprint density at radius 1 is 1.05 bits per heavy atom. The van der Waals surface area contributed by atoms with Crippen LogP contribution in [0.3, 0.4) is 0 Å². The quantitative estimate of drug-likeness (QED) is 0.733. The van der Waals surface area contributed by atoms with E-state index in [0.717, 1.165) is 0 Å². The first-order valence-electron chi connectivity index (χ1n) is 6.02. The summed E-state index contributed by atoms with van der Waals surface area (Å²) in [6, 6.07) is 5.76. The van der Waals surface area contributed by atoms with Crippen LogP contribution in [0.1, 0.15) is 13.8 Å². The SMILES string of the molecule is COc1ccc(NC(=O)NC(=O)C(C)=C(C)C(=O)O)cc1. The summed E-state index contributed by atoms with van der Waals surface area (Å²) in [4.78, 5) is 34.0. The second-order valence-electron chi connectivity index (χ2n) is 4.19. The van der Waals surface area contributed by atoms with Crippen LogP contribution in [0.15, 0.2) is 35.4 Å². The Balaban J connectivity index is 2.67. The second-order valence-corrected chi connectivity index (χ2v) is 4.19. The molecule has 0 aliphatic rings. The van der Waals surface area contributed by atoms with Crippen molar-refractivity contribution in [2.75, 3.05) is 12.4 Å². The molecule has 7 nitrogen and oxygen atoms in total. The summed E-state index contributed by atoms with van der Waals surface area (Å²) in [5.41, 5.74) is 0.315. The number of nitrogens with one attached hydrogen (secondary N) is 2. The standard InChI is InChI=1S/C14H16N2O5/c1-8(9(2)13(18)19)12(17)16-14(20)15-10-4-6-11(21-3)7-5-10/h4-7H,1-3H3,(H,18,19)(H2,15,16,17,20). The number of hydrogen-bond acceptors (Lipinski definition) is 4. The van der Waals surface area contributed by atoms with Crippen LogP contribution in [0.2, 0.25) is 0 Å². The van der Waals surface area contributed by atoms with E-state index in [9.17, 15) is 14.4 Å². The van der Waals surface area contributed by atoms with Crippen LogP contribution in [0.5, 0.6) is 5.75 Å². The number of hydrogen-bond donors (Lipinski definition) is 3. The maximum Gasteiger partial charge on any atom is 0.331 e. The normalized spacial score (nSPS) is 11.2. The minimum absolute atomic E-state index is 0.0348. The van der Waals surface area contributed by atoms with Gasteiger partial charge in [-0.1, -0.05) is 0 Å². The van der Waals surface area contributed by atoms with E-state index in [0.29, 0.717) is 11.4 Å². The fourth-order valence-electron chi connectivity index (χ4n) is 1.36. The van der Waals surface area contributed by atoms with Gasteiger partial charge in [0, 0.05) is 16.8 Å². The van der Waals surface area contributed by atoms with E-state index in [1.165, 1.54) is 21.0 Å². The number of ether oxygens (including phenoxy) is 1. The summed E-state index contributed by atoms with van der Waals surface area (Å²) in [6.07, 6.45) is 0. The van der Waals surface area contributed by atoms with Crippen LogP contribution in [-0.4, -0.2) is 30.1 Å². The summed E-state index contributed by atoms with van der Waals surface area (Å²) in [6.45, 7) is 2.62. The highest BCUT2D eigenvalue weighted by Crippen LogP contribution is 2.14. The Kier molecular flexibility index (Phi) is 5.48. The first-order chi connectivity index (χ1) is 9.85. The number of imide groups is 1. The molecule has 0 heterocycles. The monoisotopic (exact) mass is 292 g/mol. The van der Waals surface area contributed by atoms with Gasteiger partial charge in [0.1, 0.15) is 5.75 Å². The Hall–Kier alpha value is -2.83. The molecular formula is C14H16N2O5. The topological polar surface area (TPSA) is 105 Å². The van der Waals surface area contributed by atoms with Gasteiger partial charge < -0.3 is 15.2 Å². The summed E-state index contributed by atoms with van der Waals surface area (Å²) in [5.74, 6) is -1.34. The highest BCUT2D eigenvalue weighted by atomic mass is 16.5. The van der Waals surface area contributed by atoms with Gasteiger partial charge in [-0.3, -0.25) is 10.1 Å². The Bertz CT molecular complexity index is 590. The molecule has 0 fully saturated rings. The van der Waals surface area contributed by atoms with Gasteiger partial charge in [0.25, 0.3) is 5.91 Å². The molecule has 0 bridgehead atoms. The highest BCUT2D eigenvalue weighted by Gasteiger charge is 2.15. The third-order valence-corrected chi connectivity index (χ3v) is 2.80. The Morgan fingerprint density at radius 3 is 2.10 bits per heavy atom. The van der Waals surface area contributed by atoms with Crippen molar-refractivity contribution in [1.29, 1.82) is 0 Å². The number of benzene rings is 1. The lowest BCUT2D eigenvalue weighted by Gasteiger charge is -2.08. The molecule has 0 atom stereocenters. The lowest BCUT2D eigenvalue weighted by Crippen LogP contribution is -2.35. The van der Waals surface area contributed by atoms with E-state index < -0.39 is 17.9 Å². The molecule has 3 amide bonds. The van der Waals surface area contributed by atoms with Crippen LogP contribution in [0.4, 0.5) is 10.5 Å². The van der Waals surface area contributed by atoms with E-state index in [1.807, 2.05) is 0 Å². The molecule has 0 saturated heterocycles. The predicted octanol–water partition coefficient (Wildman–Crippen LogP) is 1.76. The van der Waals surface area contributed by atoms with E-state index in [4.69, 9.17) is 9.84 Å². The minimum atomic E-state index is -1.21. The number of methoxy groups -OCH3 is 1. The molecule has 0 saturated carbocycles. The number of carbonyl (C=O) groups excluding carboxylic acids is 2. The number of aliphatic carboxylic acids is 1. The molecular weight excluding hydrogens is 276 g/mol. The molecule has 7 heteroatoms. The number of urea groups is 1. The van der Waals surface area contributed by atoms with Crippen LogP contribution in [0.25, 0.3) is 0 Å². The number of rotatable bonds is 4. The zero-order chi connectivity index (χ0) is 16.0. The zero-order valence-corrected chi connectivity index (χ0v) is 11.9. The van der Waals surface area contributed by atoms with Crippen molar-refractivity contribution in [3.8, 4) is 5.75 Å². The van der Waals surface area contributed by atoms with Gasteiger partial charge in [-0.15, -0.1) is 0 Å². The van der Waals surface area contributed by atoms with Gasteiger partial charge in [0.2, 0.25) is 0 Å². The third-order valence-electron chi connectivity index (χ3n) is 2.80. The molecule has 1 aromatic rings. The van der Waals surface area contributed by atoms with Crippen molar-refractivity contribution < 1.29 is 24.2 Å². The fraction of sp³-hybridized carbons (Fsp3) is 0.214. The van der Waals surface area contributed by atoms with Crippen LogP contribution < -0.4 is 15.4 Å². The largest absolute Gasteiger partial charge is 0.497 e. The molecule has 0 aliphatic heterocycles. The molecule has 1 aromatic carbocycles. The number of carbonyl (C=O) groups is 3. The van der Waals surface area contributed by atoms with E-state index in [2.05, 4.69) is 10.6 Å². The molecule has 21 heavy (non-hydrogen) atoms. The molecule has 0 unspecified atom stereocenters. The number of amides is 3. The maximum absolute atomic E-state index is 11.7. The molecule has 112 valence electrons. The lowest BCUT2D eigenvalue weighted by atomic mass is 10.1. The first-order valence-corrected chi connectivity index (χ1v) is 6.02. The van der Waals surface area contributed by atoms with Crippen molar-refractivity contribution in [2.45, 2.75) is 13.8 Å². The van der Waals surface area contributed by atoms with Gasteiger partial charge in [0.05, 0.1) is 7.11 Å². The highest BCUT2D eigenvalue weighted by molar-refractivity contribution is 6.10. The average Bonchev–Trinajstić information content (AvgIpc) is 2.46. The summed E-state index contributed by atoms with van der Waals surface area (Å²) >= 11 is 0. The summed E-state index contributed by atoms with van der Waals surface area (Å²) in [5, 5.41) is 13.3. The van der Waals surface area contributed by atoms with Gasteiger partial charge in [-0.05, 0) is 38.1 Å². The van der Waals surface area contributed by atoms with E-state index >= 15 is 0 Å². The van der Waals surface area contributed by atoms with Crippen LogP contribution >= 0.6 is 0 Å². The smallest absolute Gasteiger partial charge is 0.331 e. The van der Waals surface area contributed by atoms with Crippen LogP contribution in [0, 0.1) is 0 Å². The molecule has 0 radical (unpaired) electrons. The van der Waals surface area contributed by atoms with Gasteiger partial charge in [0.15, 0.2) is 0 Å². The Labute approximate surface area is 121 Å². The first kappa shape index (κ1) is 16.2. The molecule has 3 N–H and O–H groups in total. The molecule has 1 rings (SSSR count). The molecule has 0 aliphatic carbocycles. The molecule has 0 aromatic heterocycles. The molecule has 0 spiro atoms. The van der Waals surface area contributed by atoms with Crippen molar-refractivity contribution in [3.05, 3.63) is 35.4 Å². The maximum atomic E-state index is 11.7. The lowest BCUT2D eigenvalue weighted by molar-refractivity contribution is -0.133. The van der Waals surface area contributed by atoms with Crippen molar-refractivity contribution in [3.63, 3.8) is 0 Å². The summed E-state index contributed by atoms with van der Waals surface area (Å²) in [7, 11) is 1.52. The number of carboxylic acid groups (broad SMARTS) is 1. The van der Waals surface area contributed by atoms with Gasteiger partial charge in [-0.25, -0.2) is 9.59 Å². The van der Waals surface area contributed by atoms with Gasteiger partial charge >= 0.3 is 12.0 Å². The minimum Gasteiger partial charge on any atom is -0.497 e. The third kappa shape index (κ3) is 4.64. The van der Waals surface area contributed by atoms with Crippen LogP contribution in [-0.2, 0) is 9.59 Å². The summed E-state index contributed by atoms with van der Waals surface area (Å²) < 4.78 is 4.97. The zero-order valence-electron chi connectivity index (χ0n) is 11.9. The number of anilines is 1.